The Balaban J connectivity index is 1.43. The van der Waals surface area contributed by atoms with Gasteiger partial charge in [0.15, 0.2) is 5.82 Å². The first-order chi connectivity index (χ1) is 11.8. The summed E-state index contributed by atoms with van der Waals surface area (Å²) in [4.78, 5) is 27.1. The lowest BCUT2D eigenvalue weighted by Gasteiger charge is -2.32. The number of rotatable bonds is 5. The van der Waals surface area contributed by atoms with Crippen molar-refractivity contribution >= 4 is 11.7 Å². The van der Waals surface area contributed by atoms with Crippen LogP contribution in [0.25, 0.3) is 5.82 Å². The van der Waals surface area contributed by atoms with E-state index in [1.165, 1.54) is 25.5 Å². The van der Waals surface area contributed by atoms with Crippen LogP contribution in [0.1, 0.15) is 25.7 Å². The molecule has 4 rings (SSSR count). The first-order valence-corrected chi connectivity index (χ1v) is 8.49. The Bertz CT molecular complexity index is 698. The van der Waals surface area contributed by atoms with E-state index >= 15 is 0 Å². The Hall–Kier alpha value is -2.51. The minimum atomic E-state index is 0.0299. The summed E-state index contributed by atoms with van der Waals surface area (Å²) >= 11 is 0. The second-order valence-corrected chi connectivity index (χ2v) is 6.55. The molecule has 1 saturated heterocycles. The Labute approximate surface area is 140 Å². The number of nitrogens with one attached hydrogen (secondary N) is 1. The van der Waals surface area contributed by atoms with E-state index in [2.05, 4.69) is 30.3 Å². The van der Waals surface area contributed by atoms with Gasteiger partial charge in [-0.25, -0.2) is 19.6 Å². The number of amides is 1. The summed E-state index contributed by atoms with van der Waals surface area (Å²) in [6, 6.07) is 1.89. The standard InChI is InChI=1S/C16H21N7O/c24-16(18-7-12-3-4-12)13-2-1-5-22(8-13)14-6-15(20-10-19-14)23-11-17-9-21-23/h6,9-13H,1-5,7-8H2,(H,18,24). The Kier molecular flexibility index (Phi) is 4.10. The van der Waals surface area contributed by atoms with Crippen molar-refractivity contribution in [3.05, 3.63) is 25.0 Å². The van der Waals surface area contributed by atoms with Gasteiger partial charge < -0.3 is 10.2 Å². The van der Waals surface area contributed by atoms with Crippen molar-refractivity contribution in [3.8, 4) is 5.82 Å². The van der Waals surface area contributed by atoms with Crippen LogP contribution in [0.4, 0.5) is 5.82 Å². The summed E-state index contributed by atoms with van der Waals surface area (Å²) in [5.41, 5.74) is 0. The van der Waals surface area contributed by atoms with Gasteiger partial charge in [0, 0.05) is 25.7 Å². The van der Waals surface area contributed by atoms with E-state index in [-0.39, 0.29) is 11.8 Å². The minimum absolute atomic E-state index is 0.0299. The molecule has 1 aliphatic carbocycles. The van der Waals surface area contributed by atoms with Gasteiger partial charge in [-0.3, -0.25) is 4.79 Å². The molecule has 0 bridgehead atoms. The number of piperidine rings is 1. The van der Waals surface area contributed by atoms with Crippen molar-refractivity contribution in [2.45, 2.75) is 25.7 Å². The van der Waals surface area contributed by atoms with Gasteiger partial charge in [-0.05, 0) is 31.6 Å². The molecule has 1 N–H and O–H groups in total. The molecular formula is C16H21N7O. The van der Waals surface area contributed by atoms with Crippen molar-refractivity contribution in [1.82, 2.24) is 30.0 Å². The number of hydrogen-bond donors (Lipinski definition) is 1. The molecule has 1 unspecified atom stereocenters. The van der Waals surface area contributed by atoms with Crippen molar-refractivity contribution < 1.29 is 4.79 Å². The summed E-state index contributed by atoms with van der Waals surface area (Å²) in [5.74, 6) is 2.42. The SMILES string of the molecule is O=C(NCC1CC1)C1CCCN(c2cc(-n3cncn3)ncn2)C1. The molecule has 0 radical (unpaired) electrons. The van der Waals surface area contributed by atoms with Crippen molar-refractivity contribution in [1.29, 1.82) is 0 Å². The van der Waals surface area contributed by atoms with Crippen LogP contribution in [0.5, 0.6) is 0 Å². The number of carbonyl (C=O) groups excluding carboxylic acids is 1. The number of nitrogens with zero attached hydrogens (tertiary/aromatic N) is 6. The maximum atomic E-state index is 12.4. The van der Waals surface area contributed by atoms with E-state index < -0.39 is 0 Å². The van der Waals surface area contributed by atoms with Crippen LogP contribution in [0, 0.1) is 11.8 Å². The number of aromatic nitrogens is 5. The third kappa shape index (κ3) is 3.37. The molecule has 1 atom stereocenters. The van der Waals surface area contributed by atoms with Gasteiger partial charge in [-0.2, -0.15) is 5.10 Å². The molecule has 2 fully saturated rings. The molecule has 2 aliphatic rings. The number of carbonyl (C=O) groups is 1. The average molecular weight is 327 g/mol. The van der Waals surface area contributed by atoms with Gasteiger partial charge in [0.2, 0.25) is 5.91 Å². The van der Waals surface area contributed by atoms with E-state index in [1.807, 2.05) is 6.07 Å². The van der Waals surface area contributed by atoms with Gasteiger partial charge in [0.25, 0.3) is 0 Å². The largest absolute Gasteiger partial charge is 0.356 e. The Morgan fingerprint density at radius 1 is 1.21 bits per heavy atom. The molecule has 126 valence electrons. The second kappa shape index (κ2) is 6.54. The third-order valence-electron chi connectivity index (χ3n) is 4.67. The van der Waals surface area contributed by atoms with Crippen LogP contribution in [0.2, 0.25) is 0 Å². The maximum Gasteiger partial charge on any atom is 0.224 e. The molecule has 1 amide bonds. The topological polar surface area (TPSA) is 88.8 Å². The predicted molar refractivity (Wildman–Crippen MR) is 87.6 cm³/mol. The van der Waals surface area contributed by atoms with E-state index in [9.17, 15) is 4.79 Å². The average Bonchev–Trinajstić information content (AvgIpc) is 3.30. The van der Waals surface area contributed by atoms with E-state index in [4.69, 9.17) is 0 Å². The smallest absolute Gasteiger partial charge is 0.224 e. The Morgan fingerprint density at radius 3 is 2.88 bits per heavy atom. The van der Waals surface area contributed by atoms with Gasteiger partial charge in [-0.15, -0.1) is 0 Å². The predicted octanol–water partition coefficient (Wildman–Crippen LogP) is 0.800. The zero-order valence-corrected chi connectivity index (χ0v) is 13.5. The molecule has 0 spiro atoms. The maximum absolute atomic E-state index is 12.4. The first-order valence-electron chi connectivity index (χ1n) is 8.49. The second-order valence-electron chi connectivity index (χ2n) is 6.55. The molecular weight excluding hydrogens is 306 g/mol. The Morgan fingerprint density at radius 2 is 2.08 bits per heavy atom. The molecule has 3 heterocycles. The summed E-state index contributed by atoms with van der Waals surface area (Å²) in [6.07, 6.45) is 9.05. The molecule has 1 saturated carbocycles. The van der Waals surface area contributed by atoms with Crippen LogP contribution >= 0.6 is 0 Å². The first kappa shape index (κ1) is 15.0. The van der Waals surface area contributed by atoms with E-state index in [0.29, 0.717) is 18.3 Å². The summed E-state index contributed by atoms with van der Waals surface area (Å²) in [6.45, 7) is 2.43. The zero-order valence-electron chi connectivity index (χ0n) is 13.5. The molecule has 8 heteroatoms. The van der Waals surface area contributed by atoms with Gasteiger partial charge in [-0.1, -0.05) is 0 Å². The lowest BCUT2D eigenvalue weighted by atomic mass is 9.97. The van der Waals surface area contributed by atoms with E-state index in [1.54, 1.807) is 11.0 Å². The highest BCUT2D eigenvalue weighted by Crippen LogP contribution is 2.28. The third-order valence-corrected chi connectivity index (χ3v) is 4.67. The van der Waals surface area contributed by atoms with E-state index in [0.717, 1.165) is 31.7 Å². The summed E-state index contributed by atoms with van der Waals surface area (Å²) in [5, 5.41) is 7.19. The fourth-order valence-electron chi connectivity index (χ4n) is 3.07. The fourth-order valence-corrected chi connectivity index (χ4v) is 3.07. The highest BCUT2D eigenvalue weighted by Gasteiger charge is 2.28. The zero-order chi connectivity index (χ0) is 16.4. The van der Waals surface area contributed by atoms with Gasteiger partial charge >= 0.3 is 0 Å². The molecule has 1 aliphatic heterocycles. The molecule has 24 heavy (non-hydrogen) atoms. The monoisotopic (exact) mass is 327 g/mol. The highest BCUT2D eigenvalue weighted by atomic mass is 16.1. The molecule has 2 aromatic rings. The quantitative estimate of drug-likeness (QED) is 0.874. The molecule has 2 aromatic heterocycles. The van der Waals surface area contributed by atoms with Crippen molar-refractivity contribution in [2.75, 3.05) is 24.5 Å². The van der Waals surface area contributed by atoms with Crippen LogP contribution < -0.4 is 10.2 Å². The van der Waals surface area contributed by atoms with Crippen LogP contribution in [0.15, 0.2) is 25.0 Å². The van der Waals surface area contributed by atoms with Gasteiger partial charge in [0.05, 0.1) is 5.92 Å². The van der Waals surface area contributed by atoms with Crippen molar-refractivity contribution in [3.63, 3.8) is 0 Å². The highest BCUT2D eigenvalue weighted by molar-refractivity contribution is 5.79. The fraction of sp³-hybridized carbons (Fsp3) is 0.562. The normalized spacial score (nSPS) is 20.8. The van der Waals surface area contributed by atoms with Crippen LogP contribution in [-0.2, 0) is 4.79 Å². The summed E-state index contributed by atoms with van der Waals surface area (Å²) < 4.78 is 1.61. The minimum Gasteiger partial charge on any atom is -0.356 e. The lowest BCUT2D eigenvalue weighted by Crippen LogP contribution is -2.43. The summed E-state index contributed by atoms with van der Waals surface area (Å²) in [7, 11) is 0. The molecule has 0 aromatic carbocycles. The number of hydrogen-bond acceptors (Lipinski definition) is 6. The van der Waals surface area contributed by atoms with Crippen molar-refractivity contribution in [2.24, 2.45) is 11.8 Å². The number of anilines is 1. The van der Waals surface area contributed by atoms with Gasteiger partial charge in [0.1, 0.15) is 24.8 Å². The molecule has 8 nitrogen and oxygen atoms in total. The van der Waals surface area contributed by atoms with Crippen LogP contribution in [-0.4, -0.2) is 50.3 Å². The lowest BCUT2D eigenvalue weighted by molar-refractivity contribution is -0.125. The van der Waals surface area contributed by atoms with Crippen LogP contribution in [0.3, 0.4) is 0 Å².